The van der Waals surface area contributed by atoms with E-state index in [1.54, 1.807) is 6.20 Å². The number of nitrogens with zero attached hydrogens (tertiary/aromatic N) is 1. The number of hydrogen-bond donors (Lipinski definition) is 1. The van der Waals surface area contributed by atoms with Gasteiger partial charge in [-0.3, -0.25) is 4.98 Å². The Hall–Kier alpha value is -0.900. The lowest BCUT2D eigenvalue weighted by molar-refractivity contribution is 0.702. The van der Waals surface area contributed by atoms with Crippen molar-refractivity contribution in [3.63, 3.8) is 0 Å². The summed E-state index contributed by atoms with van der Waals surface area (Å²) in [5.41, 5.74) is 9.42. The van der Waals surface area contributed by atoms with Gasteiger partial charge in [0, 0.05) is 28.8 Å². The van der Waals surface area contributed by atoms with Crippen LogP contribution in [0.2, 0.25) is 5.02 Å². The molecular formula is C14H14BrClN2. The summed E-state index contributed by atoms with van der Waals surface area (Å²) in [4.78, 5) is 4.36. The van der Waals surface area contributed by atoms with E-state index >= 15 is 0 Å². The topological polar surface area (TPSA) is 38.9 Å². The Morgan fingerprint density at radius 2 is 2.17 bits per heavy atom. The highest BCUT2D eigenvalue weighted by molar-refractivity contribution is 9.10. The van der Waals surface area contributed by atoms with E-state index < -0.39 is 0 Å². The molecule has 0 aliphatic heterocycles. The van der Waals surface area contributed by atoms with Crippen LogP contribution in [0.5, 0.6) is 0 Å². The fourth-order valence-electron chi connectivity index (χ4n) is 1.80. The second-order valence-corrected chi connectivity index (χ2v) is 5.51. The van der Waals surface area contributed by atoms with Crippen LogP contribution in [0.4, 0.5) is 0 Å². The first-order chi connectivity index (χ1) is 8.58. The summed E-state index contributed by atoms with van der Waals surface area (Å²) in [5, 5.41) is 0.681. The molecule has 1 aromatic heterocycles. The van der Waals surface area contributed by atoms with E-state index in [0.29, 0.717) is 11.4 Å². The van der Waals surface area contributed by atoms with Crippen molar-refractivity contribution in [1.29, 1.82) is 0 Å². The molecule has 2 N–H and O–H groups in total. The van der Waals surface area contributed by atoms with Gasteiger partial charge in [0.05, 0.1) is 5.02 Å². The Bertz CT molecular complexity index is 557. The van der Waals surface area contributed by atoms with Crippen molar-refractivity contribution in [2.45, 2.75) is 19.4 Å². The molecular weight excluding hydrogens is 312 g/mol. The summed E-state index contributed by atoms with van der Waals surface area (Å²) < 4.78 is 0.883. The first-order valence-electron chi connectivity index (χ1n) is 5.69. The van der Waals surface area contributed by atoms with Crippen molar-refractivity contribution < 1.29 is 0 Å². The molecule has 1 atom stereocenters. The summed E-state index contributed by atoms with van der Waals surface area (Å²) in [6, 6.07) is 9.69. The predicted molar refractivity (Wildman–Crippen MR) is 78.8 cm³/mol. The van der Waals surface area contributed by atoms with Crippen LogP contribution in [0, 0.1) is 6.92 Å². The first-order valence-corrected chi connectivity index (χ1v) is 6.86. The number of aromatic nitrogens is 1. The highest BCUT2D eigenvalue weighted by atomic mass is 79.9. The van der Waals surface area contributed by atoms with Crippen molar-refractivity contribution in [2.75, 3.05) is 0 Å². The molecule has 4 heteroatoms. The zero-order valence-corrected chi connectivity index (χ0v) is 12.4. The zero-order chi connectivity index (χ0) is 13.1. The molecule has 1 unspecified atom stereocenters. The molecule has 2 aromatic rings. The molecule has 0 fully saturated rings. The molecule has 0 radical (unpaired) electrons. The van der Waals surface area contributed by atoms with Gasteiger partial charge in [0.1, 0.15) is 0 Å². The van der Waals surface area contributed by atoms with Crippen LogP contribution in [0.1, 0.15) is 22.9 Å². The smallest absolute Gasteiger partial charge is 0.0551 e. The number of nitrogens with two attached hydrogens (primary N) is 1. The standard InChI is InChI=1S/C14H14BrClN2/c1-9-3-2-6-18-14(9)8-13(17)10-4-5-11(15)12(16)7-10/h2-7,13H,8,17H2,1H3. The van der Waals surface area contributed by atoms with Gasteiger partial charge in [0.25, 0.3) is 0 Å². The molecule has 18 heavy (non-hydrogen) atoms. The van der Waals surface area contributed by atoms with Gasteiger partial charge < -0.3 is 5.73 Å². The molecule has 0 saturated carbocycles. The van der Waals surface area contributed by atoms with Crippen molar-refractivity contribution in [3.8, 4) is 0 Å². The lowest BCUT2D eigenvalue weighted by atomic mass is 10.0. The zero-order valence-electron chi connectivity index (χ0n) is 10.0. The molecule has 0 aliphatic carbocycles. The van der Waals surface area contributed by atoms with Gasteiger partial charge in [0.15, 0.2) is 0 Å². The van der Waals surface area contributed by atoms with Crippen LogP contribution in [0.3, 0.4) is 0 Å². The van der Waals surface area contributed by atoms with E-state index in [-0.39, 0.29) is 6.04 Å². The molecule has 2 rings (SSSR count). The van der Waals surface area contributed by atoms with Gasteiger partial charge in [-0.25, -0.2) is 0 Å². The largest absolute Gasteiger partial charge is 0.324 e. The van der Waals surface area contributed by atoms with Gasteiger partial charge >= 0.3 is 0 Å². The number of pyridine rings is 1. The van der Waals surface area contributed by atoms with Gasteiger partial charge in [0.2, 0.25) is 0 Å². The van der Waals surface area contributed by atoms with Crippen molar-refractivity contribution in [1.82, 2.24) is 4.98 Å². The minimum atomic E-state index is -0.0933. The average molecular weight is 326 g/mol. The minimum Gasteiger partial charge on any atom is -0.324 e. The third-order valence-corrected chi connectivity index (χ3v) is 4.14. The second kappa shape index (κ2) is 5.83. The Morgan fingerprint density at radius 3 is 2.83 bits per heavy atom. The summed E-state index contributed by atoms with van der Waals surface area (Å²) >= 11 is 9.45. The monoisotopic (exact) mass is 324 g/mol. The molecule has 0 bridgehead atoms. The maximum atomic E-state index is 6.20. The molecule has 94 valence electrons. The third-order valence-electron chi connectivity index (χ3n) is 2.90. The minimum absolute atomic E-state index is 0.0933. The fourth-order valence-corrected chi connectivity index (χ4v) is 2.24. The van der Waals surface area contributed by atoms with Gasteiger partial charge in [-0.2, -0.15) is 0 Å². The SMILES string of the molecule is Cc1cccnc1CC(N)c1ccc(Br)c(Cl)c1. The van der Waals surface area contributed by atoms with Crippen LogP contribution in [0.15, 0.2) is 41.0 Å². The maximum Gasteiger partial charge on any atom is 0.0551 e. The van der Waals surface area contributed by atoms with Crippen LogP contribution in [-0.2, 0) is 6.42 Å². The van der Waals surface area contributed by atoms with Crippen LogP contribution < -0.4 is 5.73 Å². The molecule has 0 amide bonds. The Morgan fingerprint density at radius 1 is 1.39 bits per heavy atom. The third kappa shape index (κ3) is 3.10. The molecule has 0 aliphatic rings. The first kappa shape index (κ1) is 13.5. The van der Waals surface area contributed by atoms with Gasteiger partial charge in [-0.1, -0.05) is 23.7 Å². The molecule has 0 spiro atoms. The van der Waals surface area contributed by atoms with E-state index in [2.05, 4.69) is 20.9 Å². The average Bonchev–Trinajstić information content (AvgIpc) is 2.35. The molecule has 1 heterocycles. The highest BCUT2D eigenvalue weighted by Gasteiger charge is 2.11. The number of benzene rings is 1. The Balaban J connectivity index is 2.19. The van der Waals surface area contributed by atoms with Crippen LogP contribution >= 0.6 is 27.5 Å². The maximum absolute atomic E-state index is 6.20. The van der Waals surface area contributed by atoms with E-state index in [4.69, 9.17) is 17.3 Å². The van der Waals surface area contributed by atoms with Crippen molar-refractivity contribution >= 4 is 27.5 Å². The second-order valence-electron chi connectivity index (χ2n) is 4.25. The van der Waals surface area contributed by atoms with Gasteiger partial charge in [-0.05, 0) is 52.2 Å². The normalized spacial score (nSPS) is 12.4. The van der Waals surface area contributed by atoms with Gasteiger partial charge in [-0.15, -0.1) is 0 Å². The lowest BCUT2D eigenvalue weighted by Gasteiger charge is -2.13. The van der Waals surface area contributed by atoms with Crippen LogP contribution in [0.25, 0.3) is 0 Å². The molecule has 0 saturated heterocycles. The summed E-state index contributed by atoms with van der Waals surface area (Å²) in [6.45, 7) is 2.05. The van der Waals surface area contributed by atoms with Crippen molar-refractivity contribution in [2.24, 2.45) is 5.73 Å². The van der Waals surface area contributed by atoms with Crippen molar-refractivity contribution in [3.05, 3.63) is 62.8 Å². The summed E-state index contributed by atoms with van der Waals surface area (Å²) in [7, 11) is 0. The lowest BCUT2D eigenvalue weighted by Crippen LogP contribution is -2.14. The van der Waals surface area contributed by atoms with E-state index in [9.17, 15) is 0 Å². The molecule has 2 nitrogen and oxygen atoms in total. The van der Waals surface area contributed by atoms with Crippen LogP contribution in [-0.4, -0.2) is 4.98 Å². The van der Waals surface area contributed by atoms with E-state index in [0.717, 1.165) is 21.3 Å². The number of aryl methyl sites for hydroxylation is 1. The quantitative estimate of drug-likeness (QED) is 0.924. The summed E-state index contributed by atoms with van der Waals surface area (Å²) in [5.74, 6) is 0. The Kier molecular flexibility index (Phi) is 4.38. The summed E-state index contributed by atoms with van der Waals surface area (Å²) in [6.07, 6.45) is 2.51. The fraction of sp³-hybridized carbons (Fsp3) is 0.214. The predicted octanol–water partition coefficient (Wildman–Crippen LogP) is 4.05. The van der Waals surface area contributed by atoms with E-state index in [1.165, 1.54) is 0 Å². The highest BCUT2D eigenvalue weighted by Crippen LogP contribution is 2.26. The van der Waals surface area contributed by atoms with E-state index in [1.807, 2.05) is 37.3 Å². The number of rotatable bonds is 3. The molecule has 1 aromatic carbocycles. The number of hydrogen-bond acceptors (Lipinski definition) is 2. The Labute approximate surface area is 120 Å². The number of halogens is 2.